The lowest BCUT2D eigenvalue weighted by Crippen LogP contribution is -2.36. The van der Waals surface area contributed by atoms with Crippen molar-refractivity contribution < 1.29 is 17.6 Å². The van der Waals surface area contributed by atoms with Gasteiger partial charge in [-0.1, -0.05) is 12.1 Å². The van der Waals surface area contributed by atoms with Crippen molar-refractivity contribution in [3.05, 3.63) is 99.0 Å². The van der Waals surface area contributed by atoms with E-state index in [9.17, 15) is 22.4 Å². The number of hydrogen-bond acceptors (Lipinski definition) is 4. The van der Waals surface area contributed by atoms with Crippen LogP contribution in [0.15, 0.2) is 59.5 Å². The number of nitrogens with zero attached hydrogens (tertiary/aromatic N) is 4. The van der Waals surface area contributed by atoms with Crippen molar-refractivity contribution in [2.75, 3.05) is 18.0 Å². The van der Waals surface area contributed by atoms with E-state index in [0.717, 1.165) is 11.6 Å². The topological polar surface area (TPSA) is 51.0 Å². The normalized spacial score (nSPS) is 14.9. The van der Waals surface area contributed by atoms with Gasteiger partial charge in [0, 0.05) is 35.9 Å². The molecule has 4 aromatic rings. The Morgan fingerprint density at radius 1 is 1.03 bits per heavy atom. The third-order valence-electron chi connectivity index (χ3n) is 7.05. The van der Waals surface area contributed by atoms with Crippen LogP contribution in [0.25, 0.3) is 11.0 Å². The maximum Gasteiger partial charge on any atom is 0.418 e. The Hall–Kier alpha value is -3.75. The molecule has 5 rings (SSSR count). The second-order valence-corrected chi connectivity index (χ2v) is 9.52. The van der Waals surface area contributed by atoms with Gasteiger partial charge in [0.25, 0.3) is 5.56 Å². The Balaban J connectivity index is 1.53. The highest BCUT2D eigenvalue weighted by Crippen LogP contribution is 2.34. The van der Waals surface area contributed by atoms with Crippen LogP contribution in [0, 0.1) is 19.7 Å². The summed E-state index contributed by atoms with van der Waals surface area (Å²) in [6.45, 7) is 4.42. The molecule has 0 saturated carbocycles. The summed E-state index contributed by atoms with van der Waals surface area (Å²) in [5.41, 5.74) is 1.46. The van der Waals surface area contributed by atoms with Crippen molar-refractivity contribution in [2.45, 2.75) is 45.3 Å². The van der Waals surface area contributed by atoms with Crippen molar-refractivity contribution in [1.82, 2.24) is 14.5 Å². The molecule has 0 atom stereocenters. The number of fused-ring (bicyclic) bond motifs is 1. The summed E-state index contributed by atoms with van der Waals surface area (Å²) >= 11 is 0. The van der Waals surface area contributed by atoms with E-state index >= 15 is 0 Å². The summed E-state index contributed by atoms with van der Waals surface area (Å²) in [7, 11) is 0. The van der Waals surface area contributed by atoms with E-state index in [1.165, 1.54) is 22.9 Å². The number of para-hydroxylation sites is 1. The van der Waals surface area contributed by atoms with Gasteiger partial charge in [0.2, 0.25) is 0 Å². The first-order chi connectivity index (χ1) is 17.6. The Bertz CT molecular complexity index is 1500. The first-order valence-corrected chi connectivity index (χ1v) is 12.2. The standard InChI is InChI=1S/C28H26F4N4O/c1-17-5-3-7-23(29)25(17)35-13-10-19(11-14-35)21-15-20-9-8-18(2)34-26(20)36(27(21)37)16-24-22(28(30,31)32)6-4-12-33-24/h3-9,12,15,19H,10-11,13-14,16H2,1-2H3. The fourth-order valence-electron chi connectivity index (χ4n) is 5.21. The van der Waals surface area contributed by atoms with Crippen molar-refractivity contribution in [3.63, 3.8) is 0 Å². The first-order valence-electron chi connectivity index (χ1n) is 12.2. The molecule has 0 amide bonds. The smallest absolute Gasteiger partial charge is 0.369 e. The van der Waals surface area contributed by atoms with Gasteiger partial charge in [0.1, 0.15) is 11.5 Å². The molecule has 0 N–H and O–H groups in total. The van der Waals surface area contributed by atoms with Crippen LogP contribution in [0.5, 0.6) is 0 Å². The minimum absolute atomic E-state index is 0.112. The Kier molecular flexibility index (Phi) is 6.47. The number of piperidine rings is 1. The monoisotopic (exact) mass is 510 g/mol. The van der Waals surface area contributed by atoms with Gasteiger partial charge < -0.3 is 4.90 Å². The zero-order valence-corrected chi connectivity index (χ0v) is 20.5. The van der Waals surface area contributed by atoms with Gasteiger partial charge >= 0.3 is 6.18 Å². The van der Waals surface area contributed by atoms with Crippen LogP contribution < -0.4 is 10.5 Å². The third kappa shape index (κ3) is 4.82. The lowest BCUT2D eigenvalue weighted by Gasteiger charge is -2.34. The minimum Gasteiger partial charge on any atom is -0.369 e. The van der Waals surface area contributed by atoms with E-state index in [-0.39, 0.29) is 29.5 Å². The fourth-order valence-corrected chi connectivity index (χ4v) is 5.21. The molecule has 0 aliphatic carbocycles. The molecular formula is C28H26F4N4O. The third-order valence-corrected chi connectivity index (χ3v) is 7.05. The molecule has 0 radical (unpaired) electrons. The van der Waals surface area contributed by atoms with Crippen molar-refractivity contribution in [2.24, 2.45) is 0 Å². The van der Waals surface area contributed by atoms with E-state index in [0.29, 0.717) is 53.9 Å². The second-order valence-electron chi connectivity index (χ2n) is 9.52. The number of rotatable bonds is 4. The number of anilines is 1. The average Bonchev–Trinajstić information content (AvgIpc) is 2.86. The summed E-state index contributed by atoms with van der Waals surface area (Å²) in [4.78, 5) is 24.2. The molecule has 1 fully saturated rings. The van der Waals surface area contributed by atoms with E-state index in [4.69, 9.17) is 0 Å². The molecule has 1 aliphatic heterocycles. The van der Waals surface area contributed by atoms with E-state index in [1.807, 2.05) is 30.0 Å². The number of aromatic nitrogens is 3. The molecule has 1 saturated heterocycles. The van der Waals surface area contributed by atoms with Crippen LogP contribution in [0.3, 0.4) is 0 Å². The zero-order chi connectivity index (χ0) is 26.3. The highest BCUT2D eigenvalue weighted by atomic mass is 19.4. The number of benzene rings is 1. The van der Waals surface area contributed by atoms with Gasteiger partial charge in [0.05, 0.1) is 23.5 Å². The van der Waals surface area contributed by atoms with Crippen LogP contribution in [-0.2, 0) is 12.7 Å². The molecular weight excluding hydrogens is 484 g/mol. The van der Waals surface area contributed by atoms with Crippen LogP contribution >= 0.6 is 0 Å². The molecule has 4 heterocycles. The largest absolute Gasteiger partial charge is 0.418 e. The van der Waals surface area contributed by atoms with Gasteiger partial charge in [0.15, 0.2) is 0 Å². The predicted molar refractivity (Wildman–Crippen MR) is 134 cm³/mol. The van der Waals surface area contributed by atoms with Gasteiger partial charge in [-0.2, -0.15) is 13.2 Å². The van der Waals surface area contributed by atoms with E-state index < -0.39 is 11.7 Å². The number of hydrogen-bond donors (Lipinski definition) is 0. The quantitative estimate of drug-likeness (QED) is 0.316. The first kappa shape index (κ1) is 24.9. The Morgan fingerprint density at radius 2 is 1.78 bits per heavy atom. The van der Waals surface area contributed by atoms with Gasteiger partial charge in [-0.3, -0.25) is 14.3 Å². The van der Waals surface area contributed by atoms with Crippen LogP contribution in [0.2, 0.25) is 0 Å². The van der Waals surface area contributed by atoms with Crippen molar-refractivity contribution in [1.29, 1.82) is 0 Å². The molecule has 1 aliphatic rings. The summed E-state index contributed by atoms with van der Waals surface area (Å²) in [6, 6.07) is 12.6. The number of aryl methyl sites for hydroxylation is 2. The molecule has 3 aromatic heterocycles. The molecule has 37 heavy (non-hydrogen) atoms. The highest BCUT2D eigenvalue weighted by molar-refractivity contribution is 5.76. The number of alkyl halides is 3. The lowest BCUT2D eigenvalue weighted by atomic mass is 9.89. The van der Waals surface area contributed by atoms with Crippen LogP contribution in [-0.4, -0.2) is 27.6 Å². The number of pyridine rings is 3. The second kappa shape index (κ2) is 9.61. The summed E-state index contributed by atoms with van der Waals surface area (Å²) in [6.07, 6.45) is -2.07. The molecule has 9 heteroatoms. The molecule has 192 valence electrons. The molecule has 0 spiro atoms. The molecule has 0 unspecified atom stereocenters. The minimum atomic E-state index is -4.60. The fraction of sp³-hybridized carbons (Fsp3) is 0.321. The SMILES string of the molecule is Cc1ccc2cc(C3CCN(c4c(C)cccc4F)CC3)c(=O)n(Cc3ncccc3C(F)(F)F)c2n1. The molecule has 0 bridgehead atoms. The Labute approximate surface area is 211 Å². The molecule has 5 nitrogen and oxygen atoms in total. The maximum atomic E-state index is 14.5. The number of halogens is 4. The molecule has 1 aromatic carbocycles. The zero-order valence-electron chi connectivity index (χ0n) is 20.5. The predicted octanol–water partition coefficient (Wildman–Crippen LogP) is 6.00. The Morgan fingerprint density at radius 3 is 2.49 bits per heavy atom. The van der Waals surface area contributed by atoms with E-state index in [1.54, 1.807) is 19.1 Å². The summed E-state index contributed by atoms with van der Waals surface area (Å²) < 4.78 is 56.8. The maximum absolute atomic E-state index is 14.5. The van der Waals surface area contributed by atoms with Crippen LogP contribution in [0.1, 0.15) is 46.8 Å². The highest BCUT2D eigenvalue weighted by Gasteiger charge is 2.34. The van der Waals surface area contributed by atoms with Crippen molar-refractivity contribution in [3.8, 4) is 0 Å². The van der Waals surface area contributed by atoms with Gasteiger partial charge in [-0.15, -0.1) is 0 Å². The van der Waals surface area contributed by atoms with Crippen molar-refractivity contribution >= 4 is 16.7 Å². The average molecular weight is 511 g/mol. The van der Waals surface area contributed by atoms with E-state index in [2.05, 4.69) is 9.97 Å². The van der Waals surface area contributed by atoms with Gasteiger partial charge in [-0.05, 0) is 74.6 Å². The summed E-state index contributed by atoms with van der Waals surface area (Å²) in [5, 5.41) is 0.678. The van der Waals surface area contributed by atoms with Crippen LogP contribution in [0.4, 0.5) is 23.2 Å². The lowest BCUT2D eigenvalue weighted by molar-refractivity contribution is -0.138. The van der Waals surface area contributed by atoms with Gasteiger partial charge in [-0.25, -0.2) is 9.37 Å². The summed E-state index contributed by atoms with van der Waals surface area (Å²) in [5.74, 6) is -0.387.